The summed E-state index contributed by atoms with van der Waals surface area (Å²) >= 11 is 3.19. The second-order valence-electron chi connectivity index (χ2n) is 15.8. The van der Waals surface area contributed by atoms with Crippen LogP contribution in [0.2, 0.25) is 0 Å². The molecular formula is C46H54N6O5S4. The molecule has 0 bridgehead atoms. The molecule has 0 radical (unpaired) electrons. The number of ether oxygens (including phenoxy) is 1. The zero-order valence-electron chi connectivity index (χ0n) is 36.1. The molecule has 2 aliphatic rings. The van der Waals surface area contributed by atoms with E-state index in [1.165, 1.54) is 5.56 Å². The van der Waals surface area contributed by atoms with E-state index >= 15 is 0 Å². The number of thiazole rings is 2. The van der Waals surface area contributed by atoms with Gasteiger partial charge in [0.15, 0.2) is 10.3 Å². The second-order valence-corrected chi connectivity index (χ2v) is 21.2. The van der Waals surface area contributed by atoms with Crippen LogP contribution in [0, 0.1) is 48.5 Å². The highest BCUT2D eigenvalue weighted by molar-refractivity contribution is 7.89. The Morgan fingerprint density at radius 1 is 0.508 bits per heavy atom. The number of aryl methyl sites for hydroxylation is 7. The molecule has 2 saturated heterocycles. The highest BCUT2D eigenvalue weighted by Crippen LogP contribution is 2.35. The third kappa shape index (κ3) is 9.42. The van der Waals surface area contributed by atoms with Crippen LogP contribution in [0.5, 0.6) is 5.75 Å². The molecule has 61 heavy (non-hydrogen) atoms. The van der Waals surface area contributed by atoms with Crippen molar-refractivity contribution in [2.45, 2.75) is 58.3 Å². The summed E-state index contributed by atoms with van der Waals surface area (Å²) in [6, 6.07) is 23.8. The van der Waals surface area contributed by atoms with Crippen molar-refractivity contribution in [3.8, 4) is 28.3 Å². The molecule has 2 aromatic heterocycles. The van der Waals surface area contributed by atoms with E-state index in [0.29, 0.717) is 62.1 Å². The molecule has 2 fully saturated rings. The largest absolute Gasteiger partial charge is 0.496 e. The molecular weight excluding hydrogens is 845 g/mol. The first-order valence-corrected chi connectivity index (χ1v) is 25.0. The van der Waals surface area contributed by atoms with Gasteiger partial charge in [-0.1, -0.05) is 71.8 Å². The minimum absolute atomic E-state index is 0.443. The maximum atomic E-state index is 13.3. The maximum Gasteiger partial charge on any atom is 0.243 e. The third-order valence-corrected chi connectivity index (χ3v) is 17.4. The Morgan fingerprint density at radius 3 is 1.30 bits per heavy atom. The second kappa shape index (κ2) is 18.4. The first-order chi connectivity index (χ1) is 29.1. The van der Waals surface area contributed by atoms with Crippen LogP contribution in [-0.4, -0.2) is 94.9 Å². The van der Waals surface area contributed by atoms with Crippen LogP contribution in [0.15, 0.2) is 93.3 Å². The molecule has 0 N–H and O–H groups in total. The van der Waals surface area contributed by atoms with E-state index in [4.69, 9.17) is 14.7 Å². The molecule has 2 aliphatic heterocycles. The summed E-state index contributed by atoms with van der Waals surface area (Å²) < 4.78 is 61.9. The summed E-state index contributed by atoms with van der Waals surface area (Å²) in [6.07, 6.45) is 0. The Kier molecular flexibility index (Phi) is 13.4. The van der Waals surface area contributed by atoms with Gasteiger partial charge in [0, 0.05) is 74.2 Å². The summed E-state index contributed by atoms with van der Waals surface area (Å²) in [4.78, 5) is 14.9. The van der Waals surface area contributed by atoms with Gasteiger partial charge in [-0.15, -0.1) is 22.7 Å². The van der Waals surface area contributed by atoms with Crippen molar-refractivity contribution in [3.63, 3.8) is 0 Å². The number of rotatable bonds is 9. The average molecular weight is 899 g/mol. The van der Waals surface area contributed by atoms with Crippen LogP contribution >= 0.6 is 22.7 Å². The number of methoxy groups -OCH3 is 1. The smallest absolute Gasteiger partial charge is 0.243 e. The number of benzene rings is 4. The van der Waals surface area contributed by atoms with Gasteiger partial charge in [0.2, 0.25) is 20.0 Å². The van der Waals surface area contributed by atoms with Gasteiger partial charge < -0.3 is 14.5 Å². The SMILES string of the molecule is COc1ccccc1-c1csc(N2CCN(S(=O)(=O)c3c(C)cc(C)cc3C)CC2)n1.Cc1cc(C)c(S(=O)(=O)N2CCN(c3nc(-c4ccccc4C)cs3)CC2)c(C)c1. The highest BCUT2D eigenvalue weighted by atomic mass is 32.2. The van der Waals surface area contributed by atoms with Gasteiger partial charge in [0.05, 0.1) is 28.3 Å². The number of para-hydroxylation sites is 1. The summed E-state index contributed by atoms with van der Waals surface area (Å²) in [5, 5.41) is 5.96. The summed E-state index contributed by atoms with van der Waals surface area (Å²) in [7, 11) is -5.36. The van der Waals surface area contributed by atoms with Gasteiger partial charge in [0.1, 0.15) is 5.75 Å². The molecule has 15 heteroatoms. The van der Waals surface area contributed by atoms with E-state index in [9.17, 15) is 16.8 Å². The fraction of sp³-hybridized carbons (Fsp3) is 0.348. The van der Waals surface area contributed by atoms with E-state index in [1.54, 1.807) is 38.4 Å². The lowest BCUT2D eigenvalue weighted by Crippen LogP contribution is -2.48. The normalized spacial score (nSPS) is 15.4. The molecule has 11 nitrogen and oxygen atoms in total. The van der Waals surface area contributed by atoms with Crippen molar-refractivity contribution in [1.82, 2.24) is 18.6 Å². The van der Waals surface area contributed by atoms with Crippen LogP contribution < -0.4 is 14.5 Å². The number of aromatic nitrogens is 2. The Labute approximate surface area is 369 Å². The monoisotopic (exact) mass is 898 g/mol. The molecule has 8 rings (SSSR count). The predicted molar refractivity (Wildman–Crippen MR) is 250 cm³/mol. The van der Waals surface area contributed by atoms with Crippen molar-refractivity contribution in [1.29, 1.82) is 0 Å². The first-order valence-electron chi connectivity index (χ1n) is 20.3. The zero-order chi connectivity index (χ0) is 43.6. The highest BCUT2D eigenvalue weighted by Gasteiger charge is 2.33. The fourth-order valence-electron chi connectivity index (χ4n) is 8.43. The van der Waals surface area contributed by atoms with E-state index in [-0.39, 0.29) is 0 Å². The Morgan fingerprint density at radius 2 is 0.885 bits per heavy atom. The Hall–Kier alpha value is -4.64. The van der Waals surface area contributed by atoms with Gasteiger partial charge in [0.25, 0.3) is 0 Å². The van der Waals surface area contributed by atoms with E-state index in [1.807, 2.05) is 108 Å². The van der Waals surface area contributed by atoms with Crippen molar-refractivity contribution >= 4 is 53.0 Å². The minimum atomic E-state index is -3.52. The van der Waals surface area contributed by atoms with Gasteiger partial charge in [-0.3, -0.25) is 0 Å². The van der Waals surface area contributed by atoms with Gasteiger partial charge in [-0.2, -0.15) is 8.61 Å². The van der Waals surface area contributed by atoms with E-state index in [2.05, 4.69) is 34.2 Å². The maximum absolute atomic E-state index is 13.3. The van der Waals surface area contributed by atoms with Crippen molar-refractivity contribution < 1.29 is 21.6 Å². The van der Waals surface area contributed by atoms with Crippen molar-refractivity contribution in [3.05, 3.63) is 123 Å². The first kappa shape index (κ1) is 44.4. The number of hydrogen-bond donors (Lipinski definition) is 0. The average Bonchev–Trinajstić information content (AvgIpc) is 3.92. The Bertz CT molecular complexity index is 2700. The summed E-state index contributed by atoms with van der Waals surface area (Å²) in [5.41, 5.74) is 10.6. The van der Waals surface area contributed by atoms with E-state index in [0.717, 1.165) is 71.9 Å². The van der Waals surface area contributed by atoms with Gasteiger partial charge in [-0.25, -0.2) is 26.8 Å². The summed E-state index contributed by atoms with van der Waals surface area (Å²) in [5.74, 6) is 0.791. The fourth-order valence-corrected chi connectivity index (χ4v) is 13.9. The van der Waals surface area contributed by atoms with E-state index < -0.39 is 20.0 Å². The molecule has 0 unspecified atom stereocenters. The molecule has 0 amide bonds. The lowest BCUT2D eigenvalue weighted by molar-refractivity contribution is 0.384. The zero-order valence-corrected chi connectivity index (χ0v) is 39.4. The molecule has 0 atom stereocenters. The molecule has 0 saturated carbocycles. The molecule has 0 spiro atoms. The topological polar surface area (TPSA) is 116 Å². The van der Waals surface area contributed by atoms with Crippen LogP contribution in [-0.2, 0) is 20.0 Å². The predicted octanol–water partition coefficient (Wildman–Crippen LogP) is 8.81. The quantitative estimate of drug-likeness (QED) is 0.140. The molecule has 0 aliphatic carbocycles. The Balaban J connectivity index is 0.000000184. The van der Waals surface area contributed by atoms with Crippen LogP contribution in [0.4, 0.5) is 10.3 Å². The summed E-state index contributed by atoms with van der Waals surface area (Å²) in [6.45, 7) is 17.9. The van der Waals surface area contributed by atoms with Gasteiger partial charge >= 0.3 is 0 Å². The number of nitrogens with zero attached hydrogens (tertiary/aromatic N) is 6. The van der Waals surface area contributed by atoms with Crippen molar-refractivity contribution in [2.75, 3.05) is 69.3 Å². The van der Waals surface area contributed by atoms with Crippen LogP contribution in [0.25, 0.3) is 22.5 Å². The molecule has 4 aromatic carbocycles. The number of anilines is 2. The molecule has 6 aromatic rings. The molecule has 4 heterocycles. The van der Waals surface area contributed by atoms with Gasteiger partial charge in [-0.05, 0) is 88.4 Å². The third-order valence-electron chi connectivity index (χ3n) is 11.2. The van der Waals surface area contributed by atoms with Crippen LogP contribution in [0.3, 0.4) is 0 Å². The minimum Gasteiger partial charge on any atom is -0.496 e. The number of sulfonamides is 2. The van der Waals surface area contributed by atoms with Crippen molar-refractivity contribution in [2.24, 2.45) is 0 Å². The number of piperazine rings is 2. The lowest BCUT2D eigenvalue weighted by Gasteiger charge is -2.34. The molecule has 322 valence electrons. The number of hydrogen-bond acceptors (Lipinski definition) is 11. The van der Waals surface area contributed by atoms with Crippen LogP contribution in [0.1, 0.15) is 38.9 Å². The lowest BCUT2D eigenvalue weighted by atomic mass is 10.1. The standard InChI is InChI=1S/C23H27N3O3S2.C23H27N3O2S2/c1-16-13-17(2)22(18(3)14-16)31(27,28)26-11-9-25(10-12-26)23-24-20(15-30-23)19-7-5-6-8-21(19)29-4;1-16-13-18(3)22(19(4)14-16)30(27,28)26-11-9-25(10-12-26)23-24-21(15-29-23)20-8-6-5-7-17(20)2/h5-8,13-15H,9-12H2,1-4H3;5-8,13-15H,9-12H2,1-4H3.